The minimum atomic E-state index is -0.361. The van der Waals surface area contributed by atoms with E-state index in [1.54, 1.807) is 23.3 Å². The number of thiophene rings is 1. The van der Waals surface area contributed by atoms with E-state index in [1.165, 1.54) is 11.2 Å². The lowest BCUT2D eigenvalue weighted by Gasteiger charge is -2.23. The molecule has 3 heterocycles. The molecule has 2 aromatic rings. The van der Waals surface area contributed by atoms with E-state index in [1.807, 2.05) is 6.92 Å². The van der Waals surface area contributed by atoms with Crippen molar-refractivity contribution in [2.45, 2.75) is 32.7 Å². The molecule has 0 aromatic carbocycles. The van der Waals surface area contributed by atoms with E-state index in [9.17, 15) is 9.59 Å². The minimum absolute atomic E-state index is 0.0857. The van der Waals surface area contributed by atoms with Crippen LogP contribution in [0, 0.1) is 13.8 Å². The number of carbonyl (C=O) groups is 2. The lowest BCUT2D eigenvalue weighted by Crippen LogP contribution is -2.46. The van der Waals surface area contributed by atoms with Gasteiger partial charge >= 0.3 is 0 Å². The number of rotatable bonds is 4. The number of carbonyl (C=O) groups excluding carboxylic acids is 2. The van der Waals surface area contributed by atoms with Crippen LogP contribution in [-0.2, 0) is 9.59 Å². The second-order valence-electron chi connectivity index (χ2n) is 5.90. The van der Waals surface area contributed by atoms with Gasteiger partial charge < -0.3 is 15.5 Å². The van der Waals surface area contributed by atoms with Gasteiger partial charge in [0.05, 0.1) is 11.9 Å². The molecule has 0 saturated carbocycles. The number of nitrogens with zero attached hydrogens (tertiary/aromatic N) is 3. The highest BCUT2D eigenvalue weighted by atomic mass is 32.1. The maximum atomic E-state index is 12.5. The van der Waals surface area contributed by atoms with Crippen molar-refractivity contribution < 1.29 is 9.59 Å². The van der Waals surface area contributed by atoms with Crippen LogP contribution in [0.4, 0.5) is 5.82 Å². The fraction of sp³-hybridized carbons (Fsp3) is 0.500. The Balaban J connectivity index is 1.74. The molecule has 1 aliphatic rings. The molecule has 0 radical (unpaired) electrons. The number of hydrogen-bond donors (Lipinski definition) is 2. The molecule has 2 amide bonds. The molecule has 1 saturated heterocycles. The van der Waals surface area contributed by atoms with Crippen molar-refractivity contribution in [3.63, 3.8) is 0 Å². The third-order valence-electron chi connectivity index (χ3n) is 4.49. The average molecular weight is 347 g/mol. The first-order chi connectivity index (χ1) is 11.5. The van der Waals surface area contributed by atoms with Crippen molar-refractivity contribution >= 4 is 39.2 Å². The van der Waals surface area contributed by atoms with Crippen LogP contribution in [0.25, 0.3) is 10.2 Å². The molecule has 0 bridgehead atoms. The first-order valence-corrected chi connectivity index (χ1v) is 8.80. The van der Waals surface area contributed by atoms with Crippen LogP contribution in [-0.4, -0.2) is 52.9 Å². The van der Waals surface area contributed by atoms with Crippen LogP contribution in [0.1, 0.15) is 23.3 Å². The van der Waals surface area contributed by atoms with Gasteiger partial charge in [-0.3, -0.25) is 9.59 Å². The Morgan fingerprint density at radius 3 is 2.92 bits per heavy atom. The van der Waals surface area contributed by atoms with Gasteiger partial charge in [-0.2, -0.15) is 0 Å². The largest absolute Gasteiger partial charge is 0.360 e. The van der Waals surface area contributed by atoms with Crippen molar-refractivity contribution in [1.29, 1.82) is 0 Å². The van der Waals surface area contributed by atoms with Crippen LogP contribution in [0.5, 0.6) is 0 Å². The number of fused-ring (bicyclic) bond motifs is 1. The van der Waals surface area contributed by atoms with Gasteiger partial charge in [0, 0.05) is 18.5 Å². The summed E-state index contributed by atoms with van der Waals surface area (Å²) in [6, 6.07) is -0.361. The molecule has 8 heteroatoms. The number of aryl methyl sites for hydroxylation is 2. The molecule has 128 valence electrons. The molecular weight excluding hydrogens is 326 g/mol. The maximum absolute atomic E-state index is 12.5. The number of likely N-dealkylation sites (tertiary alicyclic amines) is 1. The van der Waals surface area contributed by atoms with Crippen molar-refractivity contribution in [1.82, 2.24) is 20.2 Å². The van der Waals surface area contributed by atoms with Crippen molar-refractivity contribution in [2.75, 3.05) is 25.5 Å². The van der Waals surface area contributed by atoms with E-state index < -0.39 is 0 Å². The Kier molecular flexibility index (Phi) is 4.66. The summed E-state index contributed by atoms with van der Waals surface area (Å²) in [5.74, 6) is 0.484. The summed E-state index contributed by atoms with van der Waals surface area (Å²) in [5, 5.41) is 6.73. The molecule has 0 spiro atoms. The normalized spacial score (nSPS) is 17.3. The highest BCUT2D eigenvalue weighted by molar-refractivity contribution is 7.18. The number of amides is 2. The van der Waals surface area contributed by atoms with Gasteiger partial charge in [-0.15, -0.1) is 11.3 Å². The first-order valence-electron chi connectivity index (χ1n) is 7.98. The summed E-state index contributed by atoms with van der Waals surface area (Å²) in [7, 11) is 1.60. The van der Waals surface area contributed by atoms with Gasteiger partial charge in [0.15, 0.2) is 0 Å². The molecule has 1 atom stereocenters. The van der Waals surface area contributed by atoms with E-state index >= 15 is 0 Å². The monoisotopic (exact) mass is 347 g/mol. The van der Waals surface area contributed by atoms with Gasteiger partial charge in [0.25, 0.3) is 0 Å². The average Bonchev–Trinajstić information content (AvgIpc) is 3.18. The van der Waals surface area contributed by atoms with Gasteiger partial charge in [0.2, 0.25) is 11.8 Å². The van der Waals surface area contributed by atoms with Gasteiger partial charge in [-0.05, 0) is 32.3 Å². The fourth-order valence-electron chi connectivity index (χ4n) is 3.08. The highest BCUT2D eigenvalue weighted by Crippen LogP contribution is 2.32. The smallest absolute Gasteiger partial charge is 0.242 e. The fourth-order valence-corrected chi connectivity index (χ4v) is 4.08. The van der Waals surface area contributed by atoms with E-state index in [0.29, 0.717) is 18.8 Å². The zero-order valence-corrected chi connectivity index (χ0v) is 14.9. The topological polar surface area (TPSA) is 87.2 Å². The lowest BCUT2D eigenvalue weighted by molar-refractivity contribution is -0.136. The molecule has 2 N–H and O–H groups in total. The molecule has 0 unspecified atom stereocenters. The van der Waals surface area contributed by atoms with Gasteiger partial charge in [0.1, 0.15) is 23.0 Å². The molecule has 1 fully saturated rings. The summed E-state index contributed by atoms with van der Waals surface area (Å²) in [5.41, 5.74) is 1.13. The summed E-state index contributed by atoms with van der Waals surface area (Å²) in [4.78, 5) is 36.7. The number of nitrogens with one attached hydrogen (secondary N) is 2. The van der Waals surface area contributed by atoms with E-state index in [4.69, 9.17) is 0 Å². The van der Waals surface area contributed by atoms with Crippen molar-refractivity contribution in [2.24, 2.45) is 0 Å². The number of aromatic nitrogens is 2. The van der Waals surface area contributed by atoms with E-state index in [-0.39, 0.29) is 24.4 Å². The van der Waals surface area contributed by atoms with Crippen LogP contribution < -0.4 is 10.6 Å². The lowest BCUT2D eigenvalue weighted by atomic mass is 10.2. The Labute approximate surface area is 144 Å². The SMILES string of the molecule is CNC(=O)[C@H]1CCCN1C(=O)CNc1ncnc2sc(C)c(C)c12. The quantitative estimate of drug-likeness (QED) is 0.874. The Bertz CT molecular complexity index is 788. The number of anilines is 1. The first kappa shape index (κ1) is 16.6. The minimum Gasteiger partial charge on any atom is -0.360 e. The van der Waals surface area contributed by atoms with Crippen LogP contribution >= 0.6 is 11.3 Å². The van der Waals surface area contributed by atoms with E-state index in [2.05, 4.69) is 27.5 Å². The maximum Gasteiger partial charge on any atom is 0.242 e. The molecular formula is C16H21N5O2S. The highest BCUT2D eigenvalue weighted by Gasteiger charge is 2.33. The number of likely N-dealkylation sites (N-methyl/N-ethyl adjacent to an activating group) is 1. The summed E-state index contributed by atoms with van der Waals surface area (Å²) in [6.45, 7) is 4.82. The zero-order valence-electron chi connectivity index (χ0n) is 14.0. The van der Waals surface area contributed by atoms with Crippen molar-refractivity contribution in [3.8, 4) is 0 Å². The van der Waals surface area contributed by atoms with Gasteiger partial charge in [-0.1, -0.05) is 0 Å². The Hall–Kier alpha value is -2.22. The molecule has 7 nitrogen and oxygen atoms in total. The van der Waals surface area contributed by atoms with Gasteiger partial charge in [-0.25, -0.2) is 9.97 Å². The van der Waals surface area contributed by atoms with Crippen LogP contribution in [0.2, 0.25) is 0 Å². The molecule has 2 aromatic heterocycles. The Morgan fingerprint density at radius 2 is 2.17 bits per heavy atom. The van der Waals surface area contributed by atoms with Crippen LogP contribution in [0.3, 0.4) is 0 Å². The van der Waals surface area contributed by atoms with E-state index in [0.717, 1.165) is 22.2 Å². The second kappa shape index (κ2) is 6.72. The summed E-state index contributed by atoms with van der Waals surface area (Å²) < 4.78 is 0. The standard InChI is InChI=1S/C16H21N5O2S/c1-9-10(2)24-16-13(9)14(19-8-20-16)18-7-12(22)21-6-4-5-11(21)15(23)17-3/h8,11H,4-7H2,1-3H3,(H,17,23)(H,18,19,20)/t11-/m1/s1. The van der Waals surface area contributed by atoms with Crippen LogP contribution in [0.15, 0.2) is 6.33 Å². The predicted molar refractivity (Wildman–Crippen MR) is 94.2 cm³/mol. The summed E-state index contributed by atoms with van der Waals surface area (Å²) in [6.07, 6.45) is 3.07. The molecule has 0 aliphatic carbocycles. The third-order valence-corrected chi connectivity index (χ3v) is 5.61. The van der Waals surface area contributed by atoms with Crippen molar-refractivity contribution in [3.05, 3.63) is 16.8 Å². The molecule has 1 aliphatic heterocycles. The zero-order chi connectivity index (χ0) is 17.3. The predicted octanol–water partition coefficient (Wildman–Crippen LogP) is 1.46. The second-order valence-corrected chi connectivity index (χ2v) is 7.10. The molecule has 24 heavy (non-hydrogen) atoms. The Morgan fingerprint density at radius 1 is 1.38 bits per heavy atom. The summed E-state index contributed by atoms with van der Waals surface area (Å²) >= 11 is 1.62. The third kappa shape index (κ3) is 2.93. The number of hydrogen-bond acceptors (Lipinski definition) is 6. The molecule has 3 rings (SSSR count).